The Hall–Kier alpha value is -2.78. The minimum absolute atomic E-state index is 0.105. The van der Waals surface area contributed by atoms with E-state index in [2.05, 4.69) is 10.2 Å². The molecule has 1 atom stereocenters. The van der Waals surface area contributed by atoms with Crippen LogP contribution in [0.3, 0.4) is 0 Å². The van der Waals surface area contributed by atoms with Gasteiger partial charge in [-0.2, -0.15) is 0 Å². The first-order chi connectivity index (χ1) is 14.4. The number of hydrogen-bond donors (Lipinski definition) is 1. The van der Waals surface area contributed by atoms with Crippen LogP contribution in [0, 0.1) is 5.92 Å². The van der Waals surface area contributed by atoms with Gasteiger partial charge in [-0.15, -0.1) is 0 Å². The number of fused-ring (bicyclic) bond motifs is 1. The van der Waals surface area contributed by atoms with Crippen LogP contribution in [0.4, 0.5) is 5.69 Å². The predicted octanol–water partition coefficient (Wildman–Crippen LogP) is 0.923. The SMILES string of the molecule is COC(OC)C1CCN(c2ccc3c(c2)C(=O)N(C2CCC(=O)NC2=O)C3=O)CC1. The van der Waals surface area contributed by atoms with Crippen LogP contribution < -0.4 is 10.2 Å². The van der Waals surface area contributed by atoms with Gasteiger partial charge in [-0.1, -0.05) is 0 Å². The van der Waals surface area contributed by atoms with Crippen LogP contribution in [-0.2, 0) is 19.1 Å². The number of imide groups is 2. The topological polar surface area (TPSA) is 105 Å². The molecule has 3 heterocycles. The largest absolute Gasteiger partial charge is 0.371 e. The molecular weight excluding hydrogens is 390 g/mol. The number of anilines is 1. The van der Waals surface area contributed by atoms with Gasteiger partial charge in [0.25, 0.3) is 11.8 Å². The number of piperidine rings is 2. The third-order valence-electron chi connectivity index (χ3n) is 6.18. The Morgan fingerprint density at radius 2 is 1.63 bits per heavy atom. The molecule has 1 N–H and O–H groups in total. The van der Waals surface area contributed by atoms with Crippen molar-refractivity contribution in [3.63, 3.8) is 0 Å². The second kappa shape index (κ2) is 8.16. The van der Waals surface area contributed by atoms with E-state index in [0.29, 0.717) is 17.0 Å². The third kappa shape index (κ3) is 3.48. The van der Waals surface area contributed by atoms with E-state index in [9.17, 15) is 19.2 Å². The molecule has 9 heteroatoms. The van der Waals surface area contributed by atoms with E-state index in [-0.39, 0.29) is 25.0 Å². The molecule has 30 heavy (non-hydrogen) atoms. The Kier molecular flexibility index (Phi) is 5.57. The summed E-state index contributed by atoms with van der Waals surface area (Å²) < 4.78 is 10.7. The average Bonchev–Trinajstić information content (AvgIpc) is 2.99. The van der Waals surface area contributed by atoms with Crippen molar-refractivity contribution >= 4 is 29.3 Å². The minimum Gasteiger partial charge on any atom is -0.371 e. The second-order valence-electron chi connectivity index (χ2n) is 7.84. The van der Waals surface area contributed by atoms with Crippen molar-refractivity contribution in [1.29, 1.82) is 0 Å². The summed E-state index contributed by atoms with van der Waals surface area (Å²) in [6.45, 7) is 1.57. The molecular formula is C21H25N3O6. The summed E-state index contributed by atoms with van der Waals surface area (Å²) >= 11 is 0. The first-order valence-corrected chi connectivity index (χ1v) is 10.1. The molecule has 2 saturated heterocycles. The maximum Gasteiger partial charge on any atom is 0.262 e. The number of nitrogens with zero attached hydrogens (tertiary/aromatic N) is 2. The van der Waals surface area contributed by atoms with Gasteiger partial charge in [0.05, 0.1) is 11.1 Å². The van der Waals surface area contributed by atoms with Gasteiger partial charge in [-0.3, -0.25) is 29.4 Å². The highest BCUT2D eigenvalue weighted by atomic mass is 16.7. The molecule has 0 spiro atoms. The van der Waals surface area contributed by atoms with Crippen LogP contribution in [0.15, 0.2) is 18.2 Å². The fraction of sp³-hybridized carbons (Fsp3) is 0.524. The maximum absolute atomic E-state index is 13.0. The number of rotatable bonds is 5. The van der Waals surface area contributed by atoms with Crippen molar-refractivity contribution in [2.45, 2.75) is 38.0 Å². The number of amides is 4. The van der Waals surface area contributed by atoms with E-state index >= 15 is 0 Å². The molecule has 160 valence electrons. The Morgan fingerprint density at radius 3 is 2.27 bits per heavy atom. The summed E-state index contributed by atoms with van der Waals surface area (Å²) in [7, 11) is 3.27. The van der Waals surface area contributed by atoms with Gasteiger partial charge < -0.3 is 14.4 Å². The van der Waals surface area contributed by atoms with Gasteiger partial charge >= 0.3 is 0 Å². The fourth-order valence-electron chi connectivity index (χ4n) is 4.57. The van der Waals surface area contributed by atoms with E-state index in [1.807, 2.05) is 6.07 Å². The molecule has 3 aliphatic heterocycles. The highest BCUT2D eigenvalue weighted by Gasteiger charge is 2.44. The van der Waals surface area contributed by atoms with Gasteiger partial charge in [0, 0.05) is 45.3 Å². The maximum atomic E-state index is 13.0. The molecule has 0 aromatic heterocycles. The van der Waals surface area contributed by atoms with E-state index in [4.69, 9.17) is 9.47 Å². The zero-order chi connectivity index (χ0) is 21.4. The van der Waals surface area contributed by atoms with Crippen LogP contribution in [0.5, 0.6) is 0 Å². The van der Waals surface area contributed by atoms with Gasteiger partial charge in [0.1, 0.15) is 6.04 Å². The zero-order valence-corrected chi connectivity index (χ0v) is 17.1. The molecule has 0 bridgehead atoms. The highest BCUT2D eigenvalue weighted by Crippen LogP contribution is 2.32. The Labute approximate surface area is 174 Å². The summed E-state index contributed by atoms with van der Waals surface area (Å²) in [5.41, 5.74) is 1.46. The number of carbonyl (C=O) groups excluding carboxylic acids is 4. The van der Waals surface area contributed by atoms with Gasteiger partial charge in [-0.25, -0.2) is 0 Å². The van der Waals surface area contributed by atoms with Gasteiger partial charge in [0.2, 0.25) is 11.8 Å². The quantitative estimate of drug-likeness (QED) is 0.563. The van der Waals surface area contributed by atoms with E-state index in [1.54, 1.807) is 26.4 Å². The third-order valence-corrected chi connectivity index (χ3v) is 6.18. The first-order valence-electron chi connectivity index (χ1n) is 10.1. The lowest BCUT2D eigenvalue weighted by atomic mass is 9.95. The van der Waals surface area contributed by atoms with Crippen molar-refractivity contribution in [1.82, 2.24) is 10.2 Å². The number of carbonyl (C=O) groups is 4. The molecule has 9 nitrogen and oxygen atoms in total. The number of ether oxygens (including phenoxy) is 2. The predicted molar refractivity (Wildman–Crippen MR) is 106 cm³/mol. The van der Waals surface area contributed by atoms with Crippen molar-refractivity contribution in [2.75, 3.05) is 32.2 Å². The Bertz CT molecular complexity index is 889. The van der Waals surface area contributed by atoms with E-state index < -0.39 is 23.8 Å². The second-order valence-corrected chi connectivity index (χ2v) is 7.84. The molecule has 2 fully saturated rings. The van der Waals surface area contributed by atoms with Crippen molar-refractivity contribution < 1.29 is 28.7 Å². The molecule has 4 amide bonds. The first kappa shape index (κ1) is 20.5. The summed E-state index contributed by atoms with van der Waals surface area (Å²) in [5.74, 6) is -1.66. The minimum atomic E-state index is -0.950. The van der Waals surface area contributed by atoms with Crippen molar-refractivity contribution in [3.05, 3.63) is 29.3 Å². The van der Waals surface area contributed by atoms with Crippen LogP contribution >= 0.6 is 0 Å². The smallest absolute Gasteiger partial charge is 0.262 e. The lowest BCUT2D eigenvalue weighted by Gasteiger charge is -2.36. The van der Waals surface area contributed by atoms with Crippen molar-refractivity contribution in [3.8, 4) is 0 Å². The fourth-order valence-corrected chi connectivity index (χ4v) is 4.57. The molecule has 0 aliphatic carbocycles. The molecule has 1 unspecified atom stereocenters. The van der Waals surface area contributed by atoms with Crippen LogP contribution in [-0.4, -0.2) is 68.2 Å². The lowest BCUT2D eigenvalue weighted by Crippen LogP contribution is -2.54. The van der Waals surface area contributed by atoms with E-state index in [0.717, 1.165) is 36.5 Å². The van der Waals surface area contributed by atoms with Crippen molar-refractivity contribution in [2.24, 2.45) is 5.92 Å². The number of benzene rings is 1. The molecule has 0 radical (unpaired) electrons. The average molecular weight is 415 g/mol. The summed E-state index contributed by atoms with van der Waals surface area (Å²) in [5, 5.41) is 2.21. The Balaban J connectivity index is 1.50. The molecule has 3 aliphatic rings. The van der Waals surface area contributed by atoms with Gasteiger partial charge in [0.15, 0.2) is 6.29 Å². The molecule has 1 aromatic rings. The highest BCUT2D eigenvalue weighted by molar-refractivity contribution is 6.23. The summed E-state index contributed by atoms with van der Waals surface area (Å²) in [4.78, 5) is 52.5. The lowest BCUT2D eigenvalue weighted by molar-refractivity contribution is -0.141. The standard InChI is InChI=1S/C21H25N3O6/c1-29-21(30-2)12-7-9-23(10-8-12)13-3-4-14-15(11-13)20(28)24(19(14)27)16-5-6-17(25)22-18(16)26/h3-4,11-12,16,21H,5-10H2,1-2H3,(H,22,25,26). The van der Waals surface area contributed by atoms with Crippen LogP contribution in [0.25, 0.3) is 0 Å². The molecule has 4 rings (SSSR count). The summed E-state index contributed by atoms with van der Waals surface area (Å²) in [6.07, 6.45) is 1.80. The van der Waals surface area contributed by atoms with E-state index in [1.165, 1.54) is 0 Å². The number of methoxy groups -OCH3 is 2. The number of nitrogens with one attached hydrogen (secondary N) is 1. The zero-order valence-electron chi connectivity index (χ0n) is 17.1. The normalized spacial score (nSPS) is 22.7. The Morgan fingerprint density at radius 1 is 0.967 bits per heavy atom. The molecule has 0 saturated carbocycles. The van der Waals surface area contributed by atoms with Crippen LogP contribution in [0.1, 0.15) is 46.4 Å². The van der Waals surface area contributed by atoms with Crippen LogP contribution in [0.2, 0.25) is 0 Å². The van der Waals surface area contributed by atoms with Gasteiger partial charge in [-0.05, 0) is 37.5 Å². The summed E-state index contributed by atoms with van der Waals surface area (Å²) in [6, 6.07) is 4.26. The molecule has 1 aromatic carbocycles. The number of hydrogen-bond acceptors (Lipinski definition) is 7. The monoisotopic (exact) mass is 415 g/mol.